The number of rotatable bonds is 2. The van der Waals surface area contributed by atoms with Gasteiger partial charge in [-0.2, -0.15) is 0 Å². The van der Waals surface area contributed by atoms with Gasteiger partial charge in [-0.1, -0.05) is 0 Å². The molecule has 0 N–H and O–H groups in total. The lowest BCUT2D eigenvalue weighted by atomic mass is 9.99. The number of anilines is 1. The number of carbonyl (C=O) groups is 1. The summed E-state index contributed by atoms with van der Waals surface area (Å²) in [6, 6.07) is 0. The molecule has 2 saturated heterocycles. The Morgan fingerprint density at radius 2 is 1.93 bits per heavy atom. The van der Waals surface area contributed by atoms with Crippen molar-refractivity contribution in [2.45, 2.75) is 39.0 Å². The van der Waals surface area contributed by atoms with Gasteiger partial charge in [0.05, 0.1) is 5.69 Å². The van der Waals surface area contributed by atoms with E-state index in [1.807, 2.05) is 24.9 Å². The molecule has 0 spiro atoms. The highest BCUT2D eigenvalue weighted by molar-refractivity contribution is 5.94. The Morgan fingerprint density at radius 1 is 1.11 bits per heavy atom. The van der Waals surface area contributed by atoms with Crippen molar-refractivity contribution in [2.75, 3.05) is 31.1 Å². The molecule has 2 unspecified atom stereocenters. The quantitative estimate of drug-likeness (QED) is 0.810. The van der Waals surface area contributed by atoms with Crippen molar-refractivity contribution < 1.29 is 4.79 Å². The smallest absolute Gasteiger partial charge is 0.272 e. The summed E-state index contributed by atoms with van der Waals surface area (Å²) in [6.45, 7) is 7.41. The first kappa shape index (κ1) is 16.6. The molecule has 0 aromatic carbocycles. The van der Waals surface area contributed by atoms with Crippen LogP contribution in [0.25, 0.3) is 0 Å². The van der Waals surface area contributed by atoms with Crippen molar-refractivity contribution in [3.63, 3.8) is 0 Å². The van der Waals surface area contributed by atoms with Gasteiger partial charge in [0.1, 0.15) is 12.0 Å². The summed E-state index contributed by atoms with van der Waals surface area (Å²) < 4.78 is 0. The first-order valence-corrected chi connectivity index (χ1v) is 9.80. The molecule has 0 bridgehead atoms. The van der Waals surface area contributed by atoms with Crippen molar-refractivity contribution >= 4 is 11.9 Å². The molecule has 5 rings (SSSR count). The van der Waals surface area contributed by atoms with Gasteiger partial charge in [0, 0.05) is 49.6 Å². The van der Waals surface area contributed by atoms with Crippen LogP contribution in [-0.4, -0.2) is 56.9 Å². The van der Waals surface area contributed by atoms with Gasteiger partial charge in [-0.3, -0.25) is 4.79 Å². The molecular weight excluding hydrogens is 340 g/mol. The van der Waals surface area contributed by atoms with Crippen LogP contribution in [0, 0.1) is 19.8 Å². The molecule has 140 valence electrons. The Kier molecular flexibility index (Phi) is 3.84. The molecule has 2 aliphatic heterocycles. The van der Waals surface area contributed by atoms with E-state index in [4.69, 9.17) is 4.98 Å². The molecule has 7 nitrogen and oxygen atoms in total. The average molecular weight is 364 g/mol. The van der Waals surface area contributed by atoms with E-state index in [1.165, 1.54) is 24.7 Å². The fraction of sp³-hybridized carbons (Fsp3) is 0.550. The first-order valence-electron chi connectivity index (χ1n) is 9.80. The van der Waals surface area contributed by atoms with Crippen molar-refractivity contribution in [2.24, 2.45) is 5.92 Å². The second-order valence-corrected chi connectivity index (χ2v) is 7.99. The number of hydrogen-bond donors (Lipinski definition) is 0. The molecule has 0 radical (unpaired) electrons. The van der Waals surface area contributed by atoms with E-state index in [0.717, 1.165) is 55.5 Å². The fourth-order valence-electron chi connectivity index (χ4n) is 4.70. The van der Waals surface area contributed by atoms with E-state index >= 15 is 0 Å². The molecule has 0 saturated carbocycles. The minimum Gasteiger partial charge on any atom is -0.341 e. The van der Waals surface area contributed by atoms with Gasteiger partial charge in [-0.15, -0.1) is 0 Å². The summed E-state index contributed by atoms with van der Waals surface area (Å²) in [4.78, 5) is 35.2. The largest absolute Gasteiger partial charge is 0.341 e. The number of fused-ring (bicyclic) bond motifs is 3. The van der Waals surface area contributed by atoms with Crippen LogP contribution < -0.4 is 4.90 Å². The second-order valence-electron chi connectivity index (χ2n) is 7.99. The predicted molar refractivity (Wildman–Crippen MR) is 101 cm³/mol. The fourth-order valence-corrected chi connectivity index (χ4v) is 4.70. The Morgan fingerprint density at radius 3 is 2.74 bits per heavy atom. The molecule has 2 fully saturated rings. The molecule has 4 heterocycles. The number of amides is 1. The van der Waals surface area contributed by atoms with Crippen LogP contribution >= 0.6 is 0 Å². The molecule has 1 amide bonds. The Balaban J connectivity index is 1.39. The molecule has 2 aromatic heterocycles. The predicted octanol–water partition coefficient (Wildman–Crippen LogP) is 1.90. The molecular formula is C20H24N6O. The molecule has 27 heavy (non-hydrogen) atoms. The minimum absolute atomic E-state index is 0.0165. The average Bonchev–Trinajstić information content (AvgIpc) is 3.39. The summed E-state index contributed by atoms with van der Waals surface area (Å²) in [5, 5.41) is 0. The highest BCUT2D eigenvalue weighted by Gasteiger charge is 2.43. The summed E-state index contributed by atoms with van der Waals surface area (Å²) in [5.41, 5.74) is 4.68. The number of aryl methyl sites for hydroxylation is 1. The van der Waals surface area contributed by atoms with Crippen LogP contribution in [0.3, 0.4) is 0 Å². The summed E-state index contributed by atoms with van der Waals surface area (Å²) in [6.07, 6.45) is 6.89. The normalized spacial score (nSPS) is 23.6. The summed E-state index contributed by atoms with van der Waals surface area (Å²) in [5.74, 6) is 1.63. The number of hydrogen-bond acceptors (Lipinski definition) is 6. The zero-order chi connectivity index (χ0) is 18.5. The Hall–Kier alpha value is -2.57. The number of nitrogens with zero attached hydrogens (tertiary/aromatic N) is 6. The maximum Gasteiger partial charge on any atom is 0.272 e. The van der Waals surface area contributed by atoms with Gasteiger partial charge < -0.3 is 9.80 Å². The van der Waals surface area contributed by atoms with Gasteiger partial charge in [-0.05, 0) is 44.6 Å². The Bertz CT molecular complexity index is 907. The van der Waals surface area contributed by atoms with E-state index in [2.05, 4.69) is 19.9 Å². The first-order chi connectivity index (χ1) is 13.1. The number of carbonyl (C=O) groups excluding carboxylic acids is 1. The Labute approximate surface area is 158 Å². The van der Waals surface area contributed by atoms with Crippen LogP contribution in [0.5, 0.6) is 0 Å². The highest BCUT2D eigenvalue weighted by Crippen LogP contribution is 2.42. The van der Waals surface area contributed by atoms with Crippen molar-refractivity contribution in [1.82, 2.24) is 24.8 Å². The zero-order valence-electron chi connectivity index (χ0n) is 15.9. The van der Waals surface area contributed by atoms with Gasteiger partial charge in [0.2, 0.25) is 5.95 Å². The van der Waals surface area contributed by atoms with Crippen LogP contribution in [0.15, 0.2) is 12.5 Å². The monoisotopic (exact) mass is 364 g/mol. The van der Waals surface area contributed by atoms with E-state index in [9.17, 15) is 4.79 Å². The number of aromatic nitrogens is 4. The third-order valence-electron chi connectivity index (χ3n) is 6.37. The van der Waals surface area contributed by atoms with Crippen LogP contribution in [0.4, 0.5) is 5.95 Å². The molecule has 3 aliphatic rings. The maximum atomic E-state index is 13.0. The van der Waals surface area contributed by atoms with E-state index in [0.29, 0.717) is 17.5 Å². The van der Waals surface area contributed by atoms with Crippen molar-refractivity contribution in [1.29, 1.82) is 0 Å². The second kappa shape index (κ2) is 6.25. The van der Waals surface area contributed by atoms with E-state index < -0.39 is 0 Å². The van der Waals surface area contributed by atoms with Gasteiger partial charge in [-0.25, -0.2) is 19.9 Å². The molecule has 7 heteroatoms. The topological polar surface area (TPSA) is 75.1 Å². The molecule has 2 aromatic rings. The zero-order valence-corrected chi connectivity index (χ0v) is 15.9. The van der Waals surface area contributed by atoms with E-state index in [-0.39, 0.29) is 5.91 Å². The minimum atomic E-state index is 0.0165. The summed E-state index contributed by atoms with van der Waals surface area (Å²) >= 11 is 0. The lowest BCUT2D eigenvalue weighted by Gasteiger charge is -2.19. The van der Waals surface area contributed by atoms with Crippen LogP contribution in [0.1, 0.15) is 51.8 Å². The maximum absolute atomic E-state index is 13.0. The van der Waals surface area contributed by atoms with Crippen molar-refractivity contribution in [3.05, 3.63) is 40.7 Å². The standard InChI is InChI=1S/C20H24N6O/c1-12-13(2)22-11-23-17(12)19(27)26-9-15-7-14-8-21-20(25-5-3-4-6-25)24-18(14)16(15)10-26/h8,11,15-16H,3-7,9-10H2,1-2H3. The SMILES string of the molecule is Cc1ncnc(C(=O)N2CC3Cc4cnc(N5CCCC5)nc4C3C2)c1C. The number of likely N-dealkylation sites (tertiary alicyclic amines) is 1. The summed E-state index contributed by atoms with van der Waals surface area (Å²) in [7, 11) is 0. The third-order valence-corrected chi connectivity index (χ3v) is 6.37. The molecule has 2 atom stereocenters. The highest BCUT2D eigenvalue weighted by atomic mass is 16.2. The van der Waals surface area contributed by atoms with Gasteiger partial charge >= 0.3 is 0 Å². The van der Waals surface area contributed by atoms with Gasteiger partial charge in [0.25, 0.3) is 5.91 Å². The molecule has 1 aliphatic carbocycles. The van der Waals surface area contributed by atoms with Gasteiger partial charge in [0.15, 0.2) is 0 Å². The van der Waals surface area contributed by atoms with Crippen LogP contribution in [0.2, 0.25) is 0 Å². The lowest BCUT2D eigenvalue weighted by molar-refractivity contribution is 0.0778. The van der Waals surface area contributed by atoms with Crippen molar-refractivity contribution in [3.8, 4) is 0 Å². The van der Waals surface area contributed by atoms with E-state index in [1.54, 1.807) is 0 Å². The lowest BCUT2D eigenvalue weighted by Crippen LogP contribution is -2.31. The van der Waals surface area contributed by atoms with Crippen LogP contribution in [-0.2, 0) is 6.42 Å². The third kappa shape index (κ3) is 2.67.